The summed E-state index contributed by atoms with van der Waals surface area (Å²) in [5.74, 6) is 2.01. The molecule has 2 aromatic rings. The van der Waals surface area contributed by atoms with Crippen molar-refractivity contribution in [3.05, 3.63) is 27.9 Å². The van der Waals surface area contributed by atoms with Gasteiger partial charge in [-0.05, 0) is 55.6 Å². The van der Waals surface area contributed by atoms with Gasteiger partial charge in [-0.3, -0.25) is 0 Å². The van der Waals surface area contributed by atoms with E-state index in [0.29, 0.717) is 17.7 Å². The predicted molar refractivity (Wildman–Crippen MR) is 84.2 cm³/mol. The fourth-order valence-electron chi connectivity index (χ4n) is 3.70. The topological polar surface area (TPSA) is 39.2 Å². The Kier molecular flexibility index (Phi) is 3.19. The number of aromatic nitrogens is 1. The molecule has 0 amide bonds. The van der Waals surface area contributed by atoms with Gasteiger partial charge in [-0.1, -0.05) is 11.6 Å². The van der Waals surface area contributed by atoms with Crippen LogP contribution < -0.4 is 0 Å². The summed E-state index contributed by atoms with van der Waals surface area (Å²) < 4.78 is 6.27. The average Bonchev–Trinajstić information content (AvgIpc) is 2.92. The standard InChI is InChI=1S/C16H16ClNO2S/c1-2-20-16(19)15-14(10-4-8-3-9(8)5-10)11-6-13(17)18-7-12(11)21-15/h6-10H,2-5H2,1H3. The summed E-state index contributed by atoms with van der Waals surface area (Å²) in [5, 5.41) is 1.58. The molecule has 0 N–H and O–H groups in total. The second-order valence-electron chi connectivity index (χ2n) is 5.99. The van der Waals surface area contributed by atoms with E-state index in [1.54, 1.807) is 6.20 Å². The summed E-state index contributed by atoms with van der Waals surface area (Å²) >= 11 is 7.55. The Morgan fingerprint density at radius 3 is 2.90 bits per heavy atom. The molecule has 0 spiro atoms. The van der Waals surface area contributed by atoms with Crippen LogP contribution in [0.3, 0.4) is 0 Å². The first-order chi connectivity index (χ1) is 10.2. The van der Waals surface area contributed by atoms with Gasteiger partial charge >= 0.3 is 5.97 Å². The monoisotopic (exact) mass is 321 g/mol. The van der Waals surface area contributed by atoms with Crippen LogP contribution in [-0.2, 0) is 4.74 Å². The van der Waals surface area contributed by atoms with E-state index < -0.39 is 0 Å². The second-order valence-corrected chi connectivity index (χ2v) is 7.43. The van der Waals surface area contributed by atoms with Gasteiger partial charge in [0.1, 0.15) is 10.0 Å². The smallest absolute Gasteiger partial charge is 0.348 e. The lowest BCUT2D eigenvalue weighted by Gasteiger charge is -2.13. The van der Waals surface area contributed by atoms with Crippen LogP contribution in [-0.4, -0.2) is 17.6 Å². The summed E-state index contributed by atoms with van der Waals surface area (Å²) in [6.07, 6.45) is 5.53. The molecule has 4 rings (SSSR count). The van der Waals surface area contributed by atoms with Crippen molar-refractivity contribution in [2.75, 3.05) is 6.61 Å². The van der Waals surface area contributed by atoms with Gasteiger partial charge < -0.3 is 4.74 Å². The Balaban J connectivity index is 1.84. The third-order valence-corrected chi connectivity index (χ3v) is 6.04. The molecular weight excluding hydrogens is 306 g/mol. The molecule has 2 saturated carbocycles. The highest BCUT2D eigenvalue weighted by Crippen LogP contribution is 2.59. The number of rotatable bonds is 3. The fourth-order valence-corrected chi connectivity index (χ4v) is 4.99. The Bertz CT molecular complexity index is 716. The molecule has 0 bridgehead atoms. The Morgan fingerprint density at radius 1 is 1.43 bits per heavy atom. The van der Waals surface area contributed by atoms with Crippen LogP contribution in [0, 0.1) is 11.8 Å². The van der Waals surface area contributed by atoms with Crippen LogP contribution in [0.5, 0.6) is 0 Å². The van der Waals surface area contributed by atoms with E-state index in [1.807, 2.05) is 13.0 Å². The minimum atomic E-state index is -0.203. The van der Waals surface area contributed by atoms with Crippen molar-refractivity contribution in [2.45, 2.75) is 32.1 Å². The molecule has 5 heteroatoms. The highest BCUT2D eigenvalue weighted by Gasteiger charge is 2.47. The second kappa shape index (κ2) is 4.96. The first-order valence-electron chi connectivity index (χ1n) is 7.42. The van der Waals surface area contributed by atoms with Crippen molar-refractivity contribution in [1.29, 1.82) is 0 Å². The van der Waals surface area contributed by atoms with E-state index in [-0.39, 0.29) is 5.97 Å². The molecule has 2 aromatic heterocycles. The number of pyridine rings is 1. The number of carbonyl (C=O) groups excluding carboxylic acids is 1. The quantitative estimate of drug-likeness (QED) is 0.610. The van der Waals surface area contributed by atoms with E-state index in [0.717, 1.165) is 32.4 Å². The first kappa shape index (κ1) is 13.5. The zero-order valence-corrected chi connectivity index (χ0v) is 13.3. The lowest BCUT2D eigenvalue weighted by molar-refractivity contribution is 0.0530. The zero-order valence-electron chi connectivity index (χ0n) is 11.8. The summed E-state index contributed by atoms with van der Waals surface area (Å²) in [6, 6.07) is 1.90. The molecule has 2 atom stereocenters. The molecule has 2 aliphatic rings. The van der Waals surface area contributed by atoms with Crippen molar-refractivity contribution in [1.82, 2.24) is 4.98 Å². The maximum atomic E-state index is 12.3. The van der Waals surface area contributed by atoms with Crippen molar-refractivity contribution in [3.63, 3.8) is 0 Å². The minimum Gasteiger partial charge on any atom is -0.462 e. The number of thiophene rings is 1. The Morgan fingerprint density at radius 2 is 2.19 bits per heavy atom. The van der Waals surface area contributed by atoms with Crippen LogP contribution >= 0.6 is 22.9 Å². The normalized spacial score (nSPS) is 26.9. The molecule has 2 aliphatic carbocycles. The van der Waals surface area contributed by atoms with Crippen molar-refractivity contribution < 1.29 is 9.53 Å². The largest absolute Gasteiger partial charge is 0.462 e. The van der Waals surface area contributed by atoms with E-state index in [9.17, 15) is 4.79 Å². The highest BCUT2D eigenvalue weighted by molar-refractivity contribution is 7.21. The third kappa shape index (κ3) is 2.25. The Labute approximate surface area is 132 Å². The molecule has 2 unspecified atom stereocenters. The van der Waals surface area contributed by atoms with Crippen LogP contribution in [0.1, 0.15) is 47.3 Å². The third-order valence-electron chi connectivity index (χ3n) is 4.69. The van der Waals surface area contributed by atoms with E-state index in [4.69, 9.17) is 16.3 Å². The van der Waals surface area contributed by atoms with E-state index in [1.165, 1.54) is 30.6 Å². The van der Waals surface area contributed by atoms with Crippen LogP contribution in [0.15, 0.2) is 12.3 Å². The first-order valence-corrected chi connectivity index (χ1v) is 8.62. The molecule has 0 aromatic carbocycles. The fraction of sp³-hybridized carbons (Fsp3) is 0.500. The molecule has 21 heavy (non-hydrogen) atoms. The van der Waals surface area contributed by atoms with Crippen LogP contribution in [0.4, 0.5) is 0 Å². The molecular formula is C16H16ClNO2S. The summed E-state index contributed by atoms with van der Waals surface area (Å²) in [4.78, 5) is 17.2. The van der Waals surface area contributed by atoms with Crippen LogP contribution in [0.25, 0.3) is 10.1 Å². The summed E-state index contributed by atoms with van der Waals surface area (Å²) in [7, 11) is 0. The maximum Gasteiger partial charge on any atom is 0.348 e. The average molecular weight is 322 g/mol. The number of halogens is 1. The highest BCUT2D eigenvalue weighted by atomic mass is 35.5. The van der Waals surface area contributed by atoms with Crippen molar-refractivity contribution in [3.8, 4) is 0 Å². The minimum absolute atomic E-state index is 0.203. The van der Waals surface area contributed by atoms with Gasteiger partial charge in [-0.25, -0.2) is 9.78 Å². The molecule has 2 heterocycles. The number of carbonyl (C=O) groups is 1. The van der Waals surface area contributed by atoms with Gasteiger partial charge in [-0.2, -0.15) is 0 Å². The van der Waals surface area contributed by atoms with Gasteiger partial charge in [0.2, 0.25) is 0 Å². The van der Waals surface area contributed by atoms with Gasteiger partial charge in [0.15, 0.2) is 0 Å². The van der Waals surface area contributed by atoms with Crippen molar-refractivity contribution in [2.24, 2.45) is 11.8 Å². The predicted octanol–water partition coefficient (Wildman–Crippen LogP) is 4.64. The molecule has 2 fully saturated rings. The SMILES string of the molecule is CCOC(=O)c1sc2cnc(Cl)cc2c1C1CC2CC2C1. The number of hydrogen-bond donors (Lipinski definition) is 0. The van der Waals surface area contributed by atoms with Gasteiger partial charge in [0, 0.05) is 11.6 Å². The molecule has 0 radical (unpaired) electrons. The zero-order chi connectivity index (χ0) is 14.6. The number of fused-ring (bicyclic) bond motifs is 2. The maximum absolute atomic E-state index is 12.3. The molecule has 3 nitrogen and oxygen atoms in total. The number of esters is 1. The lowest BCUT2D eigenvalue weighted by Crippen LogP contribution is -2.07. The van der Waals surface area contributed by atoms with Crippen LogP contribution in [0.2, 0.25) is 5.15 Å². The molecule has 0 saturated heterocycles. The van der Waals surface area contributed by atoms with Crippen molar-refractivity contribution >= 4 is 39.0 Å². The molecule has 110 valence electrons. The van der Waals surface area contributed by atoms with Gasteiger partial charge in [-0.15, -0.1) is 11.3 Å². The number of nitrogens with zero attached hydrogens (tertiary/aromatic N) is 1. The molecule has 0 aliphatic heterocycles. The van der Waals surface area contributed by atoms with E-state index in [2.05, 4.69) is 4.98 Å². The summed E-state index contributed by atoms with van der Waals surface area (Å²) in [6.45, 7) is 2.25. The lowest BCUT2D eigenvalue weighted by atomic mass is 9.92. The van der Waals surface area contributed by atoms with E-state index >= 15 is 0 Å². The van der Waals surface area contributed by atoms with Gasteiger partial charge in [0.05, 0.1) is 11.3 Å². The summed E-state index contributed by atoms with van der Waals surface area (Å²) in [5.41, 5.74) is 1.16. The Hall–Kier alpha value is -1.13. The number of ether oxygens (including phenoxy) is 1. The van der Waals surface area contributed by atoms with Gasteiger partial charge in [0.25, 0.3) is 0 Å². The number of hydrogen-bond acceptors (Lipinski definition) is 4.